The number of Topliss-reactive ketones (excluding diaryl/α,β-unsaturated/α-hetero) is 1. The zero-order valence-electron chi connectivity index (χ0n) is 14.0. The van der Waals surface area contributed by atoms with Crippen molar-refractivity contribution in [2.75, 3.05) is 0 Å². The number of nitro groups is 1. The molecule has 2 heterocycles. The van der Waals surface area contributed by atoms with Crippen molar-refractivity contribution >= 4 is 17.4 Å². The fraction of sp³-hybridized carbons (Fsp3) is 0.263. The Labute approximate surface area is 149 Å². The molecule has 1 aromatic carbocycles. The Hall–Kier alpha value is -3.40. The number of carbonyl (C=O) groups excluding carboxylic acids is 2. The van der Waals surface area contributed by atoms with Gasteiger partial charge in [0.1, 0.15) is 12.1 Å². The maximum Gasteiger partial charge on any atom is 0.329 e. The molecule has 0 amide bonds. The van der Waals surface area contributed by atoms with Gasteiger partial charge in [0.2, 0.25) is 0 Å². The van der Waals surface area contributed by atoms with Gasteiger partial charge in [-0.3, -0.25) is 14.9 Å². The van der Waals surface area contributed by atoms with Gasteiger partial charge in [-0.15, -0.1) is 0 Å². The van der Waals surface area contributed by atoms with Crippen molar-refractivity contribution in [3.8, 4) is 11.8 Å². The highest BCUT2D eigenvalue weighted by Gasteiger charge is 2.36. The summed E-state index contributed by atoms with van der Waals surface area (Å²) in [5.74, 6) is 5.37. The lowest BCUT2D eigenvalue weighted by atomic mass is 10.1. The fourth-order valence-corrected chi connectivity index (χ4v) is 2.89. The van der Waals surface area contributed by atoms with Crippen molar-refractivity contribution in [3.63, 3.8) is 0 Å². The molecule has 1 aliphatic heterocycles. The Morgan fingerprint density at radius 3 is 2.73 bits per heavy atom. The number of nitro benzene ring substituents is 1. The quantitative estimate of drug-likeness (QED) is 0.277. The van der Waals surface area contributed by atoms with Gasteiger partial charge in [-0.1, -0.05) is 11.8 Å². The molecule has 0 saturated carbocycles. The summed E-state index contributed by atoms with van der Waals surface area (Å²) in [7, 11) is 0. The first-order valence-electron chi connectivity index (χ1n) is 8.07. The highest BCUT2D eigenvalue weighted by atomic mass is 16.6. The molecule has 0 spiro atoms. The molecule has 2 aromatic rings. The van der Waals surface area contributed by atoms with Crippen molar-refractivity contribution in [2.24, 2.45) is 0 Å². The number of benzene rings is 1. The van der Waals surface area contributed by atoms with Crippen molar-refractivity contribution in [3.05, 3.63) is 64.0 Å². The molecule has 7 nitrogen and oxygen atoms in total. The van der Waals surface area contributed by atoms with E-state index >= 15 is 0 Å². The van der Waals surface area contributed by atoms with Gasteiger partial charge >= 0.3 is 5.97 Å². The molecule has 1 fully saturated rings. The summed E-state index contributed by atoms with van der Waals surface area (Å²) in [5.41, 5.74) is 1.14. The molecule has 1 aromatic heterocycles. The van der Waals surface area contributed by atoms with E-state index in [9.17, 15) is 19.7 Å². The van der Waals surface area contributed by atoms with E-state index in [1.165, 1.54) is 19.1 Å². The monoisotopic (exact) mass is 352 g/mol. The summed E-state index contributed by atoms with van der Waals surface area (Å²) in [6.07, 6.45) is 2.16. The second-order valence-electron chi connectivity index (χ2n) is 5.98. The fourth-order valence-electron chi connectivity index (χ4n) is 2.89. The second-order valence-corrected chi connectivity index (χ2v) is 5.98. The Kier molecular flexibility index (Phi) is 4.85. The lowest BCUT2D eigenvalue weighted by Gasteiger charge is -2.11. The van der Waals surface area contributed by atoms with Crippen LogP contribution < -0.4 is 0 Å². The largest absolute Gasteiger partial charge is 0.460 e. The number of non-ortho nitro benzene ring substituents is 1. The number of hydrogen-bond acceptors (Lipinski definition) is 5. The SMILES string of the molecule is CC(=O)c1cccn1[C@H]1C[C@@H](CC#Cc2ccc([N+](=O)[O-])cc2)OC1=O. The van der Waals surface area contributed by atoms with Crippen LogP contribution in [-0.2, 0) is 9.53 Å². The second kappa shape index (κ2) is 7.23. The van der Waals surface area contributed by atoms with Crippen molar-refractivity contribution in [1.82, 2.24) is 4.57 Å². The summed E-state index contributed by atoms with van der Waals surface area (Å²) in [6, 6.07) is 8.83. The van der Waals surface area contributed by atoms with E-state index in [1.807, 2.05) is 0 Å². The maximum absolute atomic E-state index is 12.1. The van der Waals surface area contributed by atoms with Gasteiger partial charge in [-0.05, 0) is 24.3 Å². The molecule has 1 aliphatic rings. The van der Waals surface area contributed by atoms with Crippen LogP contribution >= 0.6 is 0 Å². The zero-order chi connectivity index (χ0) is 18.7. The molecule has 0 bridgehead atoms. The Morgan fingerprint density at radius 2 is 2.08 bits per heavy atom. The molecule has 1 saturated heterocycles. The molecule has 3 rings (SSSR count). The van der Waals surface area contributed by atoms with Crippen LogP contribution in [0.2, 0.25) is 0 Å². The van der Waals surface area contributed by atoms with E-state index in [2.05, 4.69) is 11.8 Å². The van der Waals surface area contributed by atoms with Crippen molar-refractivity contribution < 1.29 is 19.2 Å². The summed E-state index contributed by atoms with van der Waals surface area (Å²) in [6.45, 7) is 1.46. The highest BCUT2D eigenvalue weighted by Crippen LogP contribution is 2.29. The van der Waals surface area contributed by atoms with Crippen LogP contribution in [0.25, 0.3) is 0 Å². The van der Waals surface area contributed by atoms with Gasteiger partial charge in [-0.2, -0.15) is 0 Å². The molecule has 0 aliphatic carbocycles. The average Bonchev–Trinajstić information content (AvgIpc) is 3.21. The first kappa shape index (κ1) is 17.4. The highest BCUT2D eigenvalue weighted by molar-refractivity contribution is 5.93. The molecule has 132 valence electrons. The number of nitrogens with zero attached hydrogens (tertiary/aromatic N) is 2. The minimum absolute atomic E-state index is 0.0103. The number of cyclic esters (lactones) is 1. The van der Waals surface area contributed by atoms with Crippen LogP contribution in [-0.4, -0.2) is 27.3 Å². The first-order valence-corrected chi connectivity index (χ1v) is 8.07. The Balaban J connectivity index is 1.64. The van der Waals surface area contributed by atoms with E-state index in [0.29, 0.717) is 24.1 Å². The minimum Gasteiger partial charge on any atom is -0.460 e. The molecule has 0 N–H and O–H groups in total. The van der Waals surface area contributed by atoms with E-state index in [0.717, 1.165) is 0 Å². The zero-order valence-corrected chi connectivity index (χ0v) is 14.0. The number of carbonyl (C=O) groups is 2. The normalized spacial score (nSPS) is 18.7. The smallest absolute Gasteiger partial charge is 0.329 e. The Bertz CT molecular complexity index is 917. The van der Waals surface area contributed by atoms with Gasteiger partial charge in [0.15, 0.2) is 5.78 Å². The van der Waals surface area contributed by atoms with E-state index in [1.54, 1.807) is 35.0 Å². The maximum atomic E-state index is 12.1. The third kappa shape index (κ3) is 3.64. The standard InChI is InChI=1S/C19H16N2O5/c1-13(22)17-6-3-11-20(17)18-12-16(26-19(18)23)5-2-4-14-7-9-15(10-8-14)21(24)25/h3,6-11,16,18H,5,12H2,1H3/t16-,18+/m1/s1. The predicted molar refractivity (Wildman–Crippen MR) is 92.6 cm³/mol. The molecule has 26 heavy (non-hydrogen) atoms. The molecule has 0 unspecified atom stereocenters. The molecule has 7 heteroatoms. The van der Waals surface area contributed by atoms with E-state index in [-0.39, 0.29) is 23.5 Å². The van der Waals surface area contributed by atoms with Crippen molar-refractivity contribution in [1.29, 1.82) is 0 Å². The van der Waals surface area contributed by atoms with Crippen LogP contribution in [0.15, 0.2) is 42.6 Å². The van der Waals surface area contributed by atoms with Crippen LogP contribution in [0, 0.1) is 22.0 Å². The van der Waals surface area contributed by atoms with Crippen molar-refractivity contribution in [2.45, 2.75) is 31.9 Å². The predicted octanol–water partition coefficient (Wildman–Crippen LogP) is 2.90. The van der Waals surface area contributed by atoms with Gasteiger partial charge < -0.3 is 9.30 Å². The third-order valence-corrected chi connectivity index (χ3v) is 4.16. The van der Waals surface area contributed by atoms with Crippen LogP contribution in [0.1, 0.15) is 41.9 Å². The molecular weight excluding hydrogens is 336 g/mol. The van der Waals surface area contributed by atoms with Gasteiger partial charge in [0.05, 0.1) is 10.6 Å². The van der Waals surface area contributed by atoms with Gasteiger partial charge in [0.25, 0.3) is 5.69 Å². The van der Waals surface area contributed by atoms with E-state index in [4.69, 9.17) is 4.74 Å². The summed E-state index contributed by atoms with van der Waals surface area (Å²) in [4.78, 5) is 33.9. The Morgan fingerprint density at radius 1 is 1.35 bits per heavy atom. The molecule has 0 radical (unpaired) electrons. The average molecular weight is 352 g/mol. The summed E-state index contributed by atoms with van der Waals surface area (Å²) in [5, 5.41) is 10.6. The number of aromatic nitrogens is 1. The lowest BCUT2D eigenvalue weighted by molar-refractivity contribution is -0.384. The number of rotatable bonds is 4. The topological polar surface area (TPSA) is 91.4 Å². The molecule has 2 atom stereocenters. The van der Waals surface area contributed by atoms with Gasteiger partial charge in [-0.25, -0.2) is 4.79 Å². The van der Waals surface area contributed by atoms with Gasteiger partial charge in [0, 0.05) is 43.7 Å². The number of ether oxygens (including phenoxy) is 1. The third-order valence-electron chi connectivity index (χ3n) is 4.16. The van der Waals surface area contributed by atoms with Crippen LogP contribution in [0.3, 0.4) is 0 Å². The minimum atomic E-state index is -0.518. The number of hydrogen-bond donors (Lipinski definition) is 0. The first-order chi connectivity index (χ1) is 12.5. The number of ketones is 1. The summed E-state index contributed by atoms with van der Waals surface area (Å²) >= 11 is 0. The van der Waals surface area contributed by atoms with Crippen LogP contribution in [0.4, 0.5) is 5.69 Å². The van der Waals surface area contributed by atoms with Crippen LogP contribution in [0.5, 0.6) is 0 Å². The lowest BCUT2D eigenvalue weighted by Crippen LogP contribution is -2.17. The molecular formula is C19H16N2O5. The number of esters is 1. The summed E-state index contributed by atoms with van der Waals surface area (Å²) < 4.78 is 7.01. The van der Waals surface area contributed by atoms with E-state index < -0.39 is 11.0 Å².